The Morgan fingerprint density at radius 2 is 2.00 bits per heavy atom. The Bertz CT molecular complexity index is 191. The molecule has 0 heterocycles. The van der Waals surface area contributed by atoms with Crippen LogP contribution in [-0.2, 0) is 0 Å². The standard InChI is InChI=1S/C13H27NO/c1-5-11-6-7-12(10(11)2)14-8-13(3,4)9-15/h10-12,14-15H,5-9H2,1-4H3. The fraction of sp³-hybridized carbons (Fsp3) is 1.00. The number of hydrogen-bond acceptors (Lipinski definition) is 2. The topological polar surface area (TPSA) is 32.3 Å². The molecule has 0 amide bonds. The summed E-state index contributed by atoms with van der Waals surface area (Å²) in [5.74, 6) is 1.70. The van der Waals surface area contributed by atoms with Gasteiger partial charge in [0.2, 0.25) is 0 Å². The van der Waals surface area contributed by atoms with Gasteiger partial charge < -0.3 is 10.4 Å². The van der Waals surface area contributed by atoms with Crippen molar-refractivity contribution in [2.75, 3.05) is 13.2 Å². The Kier molecular flexibility index (Phi) is 4.60. The first-order valence-electron chi connectivity index (χ1n) is 6.34. The van der Waals surface area contributed by atoms with E-state index in [-0.39, 0.29) is 12.0 Å². The largest absolute Gasteiger partial charge is 0.396 e. The molecule has 1 saturated carbocycles. The molecule has 1 aliphatic rings. The Morgan fingerprint density at radius 1 is 1.33 bits per heavy atom. The maximum atomic E-state index is 9.19. The third kappa shape index (κ3) is 3.46. The summed E-state index contributed by atoms with van der Waals surface area (Å²) in [5, 5.41) is 12.8. The summed E-state index contributed by atoms with van der Waals surface area (Å²) in [6.45, 7) is 10.1. The van der Waals surface area contributed by atoms with Crippen LogP contribution in [0.15, 0.2) is 0 Å². The molecule has 1 rings (SSSR count). The second-order valence-electron chi connectivity index (χ2n) is 5.91. The molecule has 2 N–H and O–H groups in total. The third-order valence-corrected chi connectivity index (χ3v) is 4.02. The zero-order valence-electron chi connectivity index (χ0n) is 10.7. The summed E-state index contributed by atoms with van der Waals surface area (Å²) in [7, 11) is 0. The molecule has 0 aromatic heterocycles. The number of rotatable bonds is 5. The van der Waals surface area contributed by atoms with Gasteiger partial charge in [0.1, 0.15) is 0 Å². The van der Waals surface area contributed by atoms with E-state index in [0.29, 0.717) is 6.04 Å². The average Bonchev–Trinajstić information content (AvgIpc) is 2.57. The van der Waals surface area contributed by atoms with Gasteiger partial charge in [0.05, 0.1) is 0 Å². The van der Waals surface area contributed by atoms with E-state index < -0.39 is 0 Å². The highest BCUT2D eigenvalue weighted by Crippen LogP contribution is 2.34. The summed E-state index contributed by atoms with van der Waals surface area (Å²) in [5.41, 5.74) is 0.0179. The van der Waals surface area contributed by atoms with Crippen molar-refractivity contribution in [1.29, 1.82) is 0 Å². The van der Waals surface area contributed by atoms with E-state index in [4.69, 9.17) is 0 Å². The molecule has 0 radical (unpaired) electrons. The van der Waals surface area contributed by atoms with Gasteiger partial charge >= 0.3 is 0 Å². The summed E-state index contributed by atoms with van der Waals surface area (Å²) in [6.07, 6.45) is 3.98. The van der Waals surface area contributed by atoms with Gasteiger partial charge in [0, 0.05) is 24.6 Å². The number of aliphatic hydroxyl groups excluding tert-OH is 1. The maximum Gasteiger partial charge on any atom is 0.0494 e. The number of nitrogens with one attached hydrogen (secondary N) is 1. The van der Waals surface area contributed by atoms with Crippen LogP contribution in [0.4, 0.5) is 0 Å². The lowest BCUT2D eigenvalue weighted by molar-refractivity contribution is 0.149. The molecule has 15 heavy (non-hydrogen) atoms. The highest BCUT2D eigenvalue weighted by molar-refractivity contribution is 4.87. The van der Waals surface area contributed by atoms with Crippen LogP contribution >= 0.6 is 0 Å². The highest BCUT2D eigenvalue weighted by Gasteiger charge is 2.32. The van der Waals surface area contributed by atoms with Crippen molar-refractivity contribution in [2.24, 2.45) is 17.3 Å². The Balaban J connectivity index is 2.34. The summed E-state index contributed by atoms with van der Waals surface area (Å²) < 4.78 is 0. The minimum Gasteiger partial charge on any atom is -0.396 e. The van der Waals surface area contributed by atoms with Crippen LogP contribution in [0.2, 0.25) is 0 Å². The zero-order chi connectivity index (χ0) is 11.5. The van der Waals surface area contributed by atoms with Crippen LogP contribution in [0, 0.1) is 17.3 Å². The van der Waals surface area contributed by atoms with Crippen molar-refractivity contribution in [3.8, 4) is 0 Å². The first kappa shape index (κ1) is 13.0. The third-order valence-electron chi connectivity index (χ3n) is 4.02. The molecule has 1 fully saturated rings. The molecule has 0 aromatic carbocycles. The highest BCUT2D eigenvalue weighted by atomic mass is 16.3. The van der Waals surface area contributed by atoms with Gasteiger partial charge in [-0.2, -0.15) is 0 Å². The molecule has 90 valence electrons. The molecular weight excluding hydrogens is 186 g/mol. The number of aliphatic hydroxyl groups is 1. The van der Waals surface area contributed by atoms with Crippen molar-refractivity contribution >= 4 is 0 Å². The quantitative estimate of drug-likeness (QED) is 0.735. The van der Waals surface area contributed by atoms with Crippen LogP contribution in [0.1, 0.15) is 47.0 Å². The molecule has 2 heteroatoms. The van der Waals surface area contributed by atoms with Gasteiger partial charge in [0.25, 0.3) is 0 Å². The van der Waals surface area contributed by atoms with Crippen molar-refractivity contribution in [3.63, 3.8) is 0 Å². The maximum absolute atomic E-state index is 9.19. The second-order valence-corrected chi connectivity index (χ2v) is 5.91. The molecule has 2 nitrogen and oxygen atoms in total. The zero-order valence-corrected chi connectivity index (χ0v) is 10.7. The summed E-state index contributed by atoms with van der Waals surface area (Å²) in [6, 6.07) is 0.667. The van der Waals surface area contributed by atoms with Gasteiger partial charge in [0.15, 0.2) is 0 Å². The van der Waals surface area contributed by atoms with Crippen molar-refractivity contribution in [2.45, 2.75) is 53.0 Å². The number of hydrogen-bond donors (Lipinski definition) is 2. The van der Waals surface area contributed by atoms with Gasteiger partial charge in [-0.1, -0.05) is 34.1 Å². The van der Waals surface area contributed by atoms with E-state index in [9.17, 15) is 5.11 Å². The van der Waals surface area contributed by atoms with Gasteiger partial charge in [-0.25, -0.2) is 0 Å². The minimum absolute atomic E-state index is 0.0179. The molecule has 0 saturated heterocycles. The smallest absolute Gasteiger partial charge is 0.0494 e. The predicted molar refractivity (Wildman–Crippen MR) is 64.8 cm³/mol. The second kappa shape index (κ2) is 5.31. The Labute approximate surface area is 94.5 Å². The van der Waals surface area contributed by atoms with Crippen molar-refractivity contribution < 1.29 is 5.11 Å². The first-order valence-corrected chi connectivity index (χ1v) is 6.34. The van der Waals surface area contributed by atoms with Crippen LogP contribution in [0.25, 0.3) is 0 Å². The molecular formula is C13H27NO. The normalized spacial score (nSPS) is 32.2. The lowest BCUT2D eigenvalue weighted by Gasteiger charge is -2.27. The summed E-state index contributed by atoms with van der Waals surface area (Å²) in [4.78, 5) is 0. The minimum atomic E-state index is 0.0179. The van der Waals surface area contributed by atoms with Gasteiger partial charge in [-0.05, 0) is 24.7 Å². The molecule has 0 aromatic rings. The monoisotopic (exact) mass is 213 g/mol. The van der Waals surface area contributed by atoms with E-state index in [0.717, 1.165) is 18.4 Å². The van der Waals surface area contributed by atoms with Crippen LogP contribution < -0.4 is 5.32 Å². The van der Waals surface area contributed by atoms with E-state index in [1.807, 2.05) is 0 Å². The Hall–Kier alpha value is -0.0800. The van der Waals surface area contributed by atoms with E-state index in [2.05, 4.69) is 33.0 Å². The fourth-order valence-electron chi connectivity index (χ4n) is 2.58. The first-order chi connectivity index (χ1) is 7.00. The van der Waals surface area contributed by atoms with E-state index in [1.54, 1.807) is 0 Å². The molecule has 1 aliphatic carbocycles. The molecule has 0 aliphatic heterocycles. The molecule has 0 bridgehead atoms. The Morgan fingerprint density at radius 3 is 2.47 bits per heavy atom. The van der Waals surface area contributed by atoms with Crippen molar-refractivity contribution in [3.05, 3.63) is 0 Å². The fourth-order valence-corrected chi connectivity index (χ4v) is 2.58. The average molecular weight is 213 g/mol. The van der Waals surface area contributed by atoms with Crippen LogP contribution in [-0.4, -0.2) is 24.3 Å². The molecule has 3 atom stereocenters. The lowest BCUT2D eigenvalue weighted by Crippen LogP contribution is -2.40. The van der Waals surface area contributed by atoms with E-state index in [1.165, 1.54) is 19.3 Å². The van der Waals surface area contributed by atoms with Crippen LogP contribution in [0.3, 0.4) is 0 Å². The van der Waals surface area contributed by atoms with E-state index >= 15 is 0 Å². The molecule has 3 unspecified atom stereocenters. The lowest BCUT2D eigenvalue weighted by atomic mass is 9.91. The van der Waals surface area contributed by atoms with Gasteiger partial charge in [-0.15, -0.1) is 0 Å². The van der Waals surface area contributed by atoms with Crippen LogP contribution in [0.5, 0.6) is 0 Å². The van der Waals surface area contributed by atoms with Gasteiger partial charge in [-0.3, -0.25) is 0 Å². The molecule has 0 spiro atoms. The summed E-state index contributed by atoms with van der Waals surface area (Å²) >= 11 is 0. The predicted octanol–water partition coefficient (Wildman–Crippen LogP) is 2.42. The SMILES string of the molecule is CCC1CCC(NCC(C)(C)CO)C1C. The van der Waals surface area contributed by atoms with Crippen molar-refractivity contribution in [1.82, 2.24) is 5.32 Å².